The van der Waals surface area contributed by atoms with Crippen LogP contribution in [0.3, 0.4) is 0 Å². The number of nitriles is 1. The van der Waals surface area contributed by atoms with Crippen molar-refractivity contribution >= 4 is 11.8 Å². The van der Waals surface area contributed by atoms with Gasteiger partial charge >= 0.3 is 0 Å². The van der Waals surface area contributed by atoms with Crippen LogP contribution >= 0.6 is 11.8 Å². The summed E-state index contributed by atoms with van der Waals surface area (Å²) in [7, 11) is 0. The van der Waals surface area contributed by atoms with Crippen molar-refractivity contribution in [2.45, 2.75) is 37.6 Å². The fraction of sp³-hybridized carbons (Fsp3) is 0.375. The third kappa shape index (κ3) is 2.23. The van der Waals surface area contributed by atoms with Crippen molar-refractivity contribution in [1.29, 1.82) is 5.26 Å². The van der Waals surface area contributed by atoms with Crippen LogP contribution in [0.1, 0.15) is 36.6 Å². The maximum Gasteiger partial charge on any atom is 0.135 e. The molecule has 2 aromatic rings. The Hall–Kier alpha value is -1.73. The van der Waals surface area contributed by atoms with Crippen LogP contribution in [0.15, 0.2) is 27.8 Å². The zero-order valence-corrected chi connectivity index (χ0v) is 12.3. The first-order chi connectivity index (χ1) is 9.85. The van der Waals surface area contributed by atoms with Gasteiger partial charge in [0.25, 0.3) is 0 Å². The quantitative estimate of drug-likeness (QED) is 0.792. The van der Waals surface area contributed by atoms with Crippen LogP contribution in [0.5, 0.6) is 0 Å². The Morgan fingerprint density at radius 3 is 2.95 bits per heavy atom. The molecule has 0 aromatic carbocycles. The van der Waals surface area contributed by atoms with E-state index >= 15 is 0 Å². The van der Waals surface area contributed by atoms with E-state index in [1.165, 1.54) is 12.0 Å². The number of fused-ring (bicyclic) bond motifs is 1. The van der Waals surface area contributed by atoms with Crippen molar-refractivity contribution in [3.8, 4) is 17.4 Å². The predicted molar refractivity (Wildman–Crippen MR) is 79.7 cm³/mol. The molecule has 2 heterocycles. The van der Waals surface area contributed by atoms with E-state index < -0.39 is 0 Å². The van der Waals surface area contributed by atoms with Gasteiger partial charge in [0.1, 0.15) is 16.9 Å². The van der Waals surface area contributed by atoms with Gasteiger partial charge in [-0.2, -0.15) is 5.26 Å². The Morgan fingerprint density at radius 2 is 2.25 bits per heavy atom. The fourth-order valence-corrected chi connectivity index (χ4v) is 3.50. The Labute approximate surface area is 123 Å². The van der Waals surface area contributed by atoms with Crippen LogP contribution in [0.25, 0.3) is 11.3 Å². The van der Waals surface area contributed by atoms with E-state index in [0.29, 0.717) is 5.56 Å². The van der Waals surface area contributed by atoms with Gasteiger partial charge in [-0.05, 0) is 49.1 Å². The maximum absolute atomic E-state index is 9.58. The molecule has 0 saturated carbocycles. The molecule has 0 unspecified atom stereocenters. The van der Waals surface area contributed by atoms with Gasteiger partial charge in [0.2, 0.25) is 0 Å². The predicted octanol–water partition coefficient (Wildman–Crippen LogP) is 4.20. The van der Waals surface area contributed by atoms with Crippen molar-refractivity contribution in [1.82, 2.24) is 4.98 Å². The second-order valence-electron chi connectivity index (χ2n) is 4.82. The molecule has 1 aliphatic carbocycles. The van der Waals surface area contributed by atoms with Crippen molar-refractivity contribution in [2.24, 2.45) is 0 Å². The SMILES string of the molecule is CCSc1nc2c(c(-c3ccco3)c1C#N)CCCC2. The number of nitrogens with zero attached hydrogens (tertiary/aromatic N) is 2. The van der Waals surface area contributed by atoms with Crippen LogP contribution in [0.4, 0.5) is 0 Å². The highest BCUT2D eigenvalue weighted by Gasteiger charge is 2.24. The lowest BCUT2D eigenvalue weighted by atomic mass is 9.89. The summed E-state index contributed by atoms with van der Waals surface area (Å²) in [6, 6.07) is 6.15. The second-order valence-corrected chi connectivity index (χ2v) is 6.07. The summed E-state index contributed by atoms with van der Waals surface area (Å²) < 4.78 is 5.57. The van der Waals surface area contributed by atoms with Crippen molar-refractivity contribution in [2.75, 3.05) is 5.75 Å². The summed E-state index contributed by atoms with van der Waals surface area (Å²) in [6.45, 7) is 2.08. The summed E-state index contributed by atoms with van der Waals surface area (Å²) >= 11 is 1.64. The molecule has 0 radical (unpaired) electrons. The summed E-state index contributed by atoms with van der Waals surface area (Å²) in [5.41, 5.74) is 4.01. The van der Waals surface area contributed by atoms with Crippen LogP contribution in [0.2, 0.25) is 0 Å². The molecule has 0 spiro atoms. The van der Waals surface area contributed by atoms with Gasteiger partial charge in [-0.25, -0.2) is 4.98 Å². The molecule has 0 N–H and O–H groups in total. The van der Waals surface area contributed by atoms with Gasteiger partial charge in [0.15, 0.2) is 0 Å². The number of pyridine rings is 1. The van der Waals surface area contributed by atoms with Crippen molar-refractivity contribution in [3.05, 3.63) is 35.2 Å². The van der Waals surface area contributed by atoms with Crippen molar-refractivity contribution in [3.63, 3.8) is 0 Å². The van der Waals surface area contributed by atoms with Gasteiger partial charge in [-0.1, -0.05) is 6.92 Å². The number of rotatable bonds is 3. The molecule has 2 aromatic heterocycles. The minimum atomic E-state index is 0.674. The molecule has 0 saturated heterocycles. The van der Waals surface area contributed by atoms with Gasteiger partial charge in [-0.3, -0.25) is 0 Å². The minimum Gasteiger partial charge on any atom is -0.464 e. The third-order valence-corrected chi connectivity index (χ3v) is 4.46. The van der Waals surface area contributed by atoms with E-state index in [2.05, 4.69) is 13.0 Å². The first-order valence-electron chi connectivity index (χ1n) is 6.97. The van der Waals surface area contributed by atoms with E-state index in [0.717, 1.165) is 47.1 Å². The number of aromatic nitrogens is 1. The fourth-order valence-electron chi connectivity index (χ4n) is 2.76. The Kier molecular flexibility index (Phi) is 3.79. The highest BCUT2D eigenvalue weighted by Crippen LogP contribution is 2.37. The van der Waals surface area contributed by atoms with Crippen LogP contribution in [-0.2, 0) is 12.8 Å². The third-order valence-electron chi connectivity index (χ3n) is 3.60. The van der Waals surface area contributed by atoms with E-state index in [1.807, 2.05) is 12.1 Å². The molecule has 0 fully saturated rings. The zero-order valence-electron chi connectivity index (χ0n) is 11.5. The number of thioether (sulfide) groups is 1. The van der Waals surface area contributed by atoms with Crippen LogP contribution in [0, 0.1) is 11.3 Å². The summed E-state index contributed by atoms with van der Waals surface area (Å²) in [5.74, 6) is 1.71. The minimum absolute atomic E-state index is 0.674. The van der Waals surface area contributed by atoms with Crippen molar-refractivity contribution < 1.29 is 4.42 Å². The number of aryl methyl sites for hydroxylation is 1. The molecule has 0 aliphatic heterocycles. The molecule has 102 valence electrons. The highest BCUT2D eigenvalue weighted by molar-refractivity contribution is 7.99. The van der Waals surface area contributed by atoms with E-state index in [4.69, 9.17) is 9.40 Å². The molecule has 20 heavy (non-hydrogen) atoms. The molecule has 4 heteroatoms. The number of furan rings is 1. The van der Waals surface area contributed by atoms with Gasteiger partial charge in [0, 0.05) is 11.3 Å². The average Bonchev–Trinajstić information content (AvgIpc) is 3.00. The lowest BCUT2D eigenvalue weighted by molar-refractivity contribution is 0.578. The topological polar surface area (TPSA) is 49.8 Å². The largest absolute Gasteiger partial charge is 0.464 e. The van der Waals surface area contributed by atoms with E-state index in [1.54, 1.807) is 18.0 Å². The standard InChI is InChI=1S/C16H16N2OS/c1-2-20-16-12(10-17)15(14-8-5-9-19-14)11-6-3-4-7-13(11)18-16/h5,8-9H,2-4,6-7H2,1H3. The van der Waals surface area contributed by atoms with Crippen LogP contribution in [-0.4, -0.2) is 10.7 Å². The molecule has 3 rings (SSSR count). The Bertz CT molecular complexity index is 656. The van der Waals surface area contributed by atoms with Gasteiger partial charge < -0.3 is 4.42 Å². The summed E-state index contributed by atoms with van der Waals surface area (Å²) in [4.78, 5) is 4.74. The number of hydrogen-bond donors (Lipinski definition) is 0. The summed E-state index contributed by atoms with van der Waals surface area (Å²) in [6.07, 6.45) is 6.00. The highest BCUT2D eigenvalue weighted by atomic mass is 32.2. The zero-order chi connectivity index (χ0) is 13.9. The summed E-state index contributed by atoms with van der Waals surface area (Å²) in [5, 5.41) is 10.4. The molecular formula is C16H16N2OS. The molecule has 0 bridgehead atoms. The molecule has 0 amide bonds. The first kappa shape index (κ1) is 13.3. The molecule has 1 aliphatic rings. The van der Waals surface area contributed by atoms with E-state index in [-0.39, 0.29) is 0 Å². The average molecular weight is 284 g/mol. The van der Waals surface area contributed by atoms with Gasteiger partial charge in [-0.15, -0.1) is 11.8 Å². The second kappa shape index (κ2) is 5.72. The van der Waals surface area contributed by atoms with E-state index in [9.17, 15) is 5.26 Å². The molecule has 3 nitrogen and oxygen atoms in total. The van der Waals surface area contributed by atoms with Crippen LogP contribution < -0.4 is 0 Å². The lowest BCUT2D eigenvalue weighted by Gasteiger charge is -2.20. The van der Waals surface area contributed by atoms with Gasteiger partial charge in [0.05, 0.1) is 11.8 Å². The monoisotopic (exact) mass is 284 g/mol. The molecule has 0 atom stereocenters. The normalized spacial score (nSPS) is 13.8. The maximum atomic E-state index is 9.58. The smallest absolute Gasteiger partial charge is 0.135 e. The lowest BCUT2D eigenvalue weighted by Crippen LogP contribution is -2.10. The Balaban J connectivity index is 2.28. The first-order valence-corrected chi connectivity index (χ1v) is 7.96. The number of hydrogen-bond acceptors (Lipinski definition) is 4. The molecular weight excluding hydrogens is 268 g/mol. The Morgan fingerprint density at radius 1 is 1.40 bits per heavy atom.